The van der Waals surface area contributed by atoms with Crippen molar-refractivity contribution in [2.75, 3.05) is 0 Å². The van der Waals surface area contributed by atoms with E-state index in [4.69, 9.17) is 0 Å². The van der Waals surface area contributed by atoms with Crippen LogP contribution in [0.2, 0.25) is 0 Å². The molecule has 0 N–H and O–H groups in total. The topological polar surface area (TPSA) is 0 Å². The summed E-state index contributed by atoms with van der Waals surface area (Å²) in [4.78, 5) is 1.21. The third-order valence-electron chi connectivity index (χ3n) is 1.74. The molecule has 1 rings (SSSR count). The Kier molecular flexibility index (Phi) is 4.00. The molecule has 0 saturated carbocycles. The van der Waals surface area contributed by atoms with E-state index in [0.717, 1.165) is 0 Å². The molecule has 0 fully saturated rings. The smallest absolute Gasteiger partial charge is 0.0325 e. The van der Waals surface area contributed by atoms with Crippen LogP contribution in [-0.2, 0) is 0 Å². The van der Waals surface area contributed by atoms with Gasteiger partial charge in [-0.2, -0.15) is 0 Å². The molecule has 58 valence electrons. The van der Waals surface area contributed by atoms with Crippen LogP contribution in [0.15, 0.2) is 12.2 Å². The van der Waals surface area contributed by atoms with Crippen molar-refractivity contribution in [1.82, 2.24) is 0 Å². The van der Waals surface area contributed by atoms with Crippen LogP contribution >= 0.6 is 31.9 Å². The molecule has 0 radical (unpaired) electrons. The largest absolute Gasteiger partial charge is 0.0845 e. The lowest BCUT2D eigenvalue weighted by Crippen LogP contribution is -2.01. The van der Waals surface area contributed by atoms with Gasteiger partial charge < -0.3 is 0 Å². The molecule has 0 heterocycles. The Morgan fingerprint density at radius 3 is 1.70 bits per heavy atom. The SMILES string of the molecule is BrC1/C=C\C(Br)CCCC1. The Balaban J connectivity index is 2.42. The Bertz CT molecular complexity index is 106. The van der Waals surface area contributed by atoms with Gasteiger partial charge in [-0.25, -0.2) is 0 Å². The Labute approximate surface area is 79.3 Å². The lowest BCUT2D eigenvalue weighted by molar-refractivity contribution is 0.655. The maximum atomic E-state index is 3.59. The molecule has 10 heavy (non-hydrogen) atoms. The summed E-state index contributed by atoms with van der Waals surface area (Å²) in [7, 11) is 0. The molecule has 0 amide bonds. The van der Waals surface area contributed by atoms with E-state index >= 15 is 0 Å². The lowest BCUT2D eigenvalue weighted by atomic mass is 10.1. The molecule has 0 aliphatic heterocycles. The van der Waals surface area contributed by atoms with Crippen molar-refractivity contribution in [2.45, 2.75) is 35.3 Å². The van der Waals surface area contributed by atoms with E-state index in [2.05, 4.69) is 44.0 Å². The van der Waals surface area contributed by atoms with Crippen molar-refractivity contribution in [3.8, 4) is 0 Å². The Morgan fingerprint density at radius 1 is 0.900 bits per heavy atom. The lowest BCUT2D eigenvalue weighted by Gasteiger charge is -2.11. The van der Waals surface area contributed by atoms with Crippen LogP contribution in [0.5, 0.6) is 0 Å². The summed E-state index contributed by atoms with van der Waals surface area (Å²) in [5, 5.41) is 0. The molecule has 2 heteroatoms. The van der Waals surface area contributed by atoms with Crippen LogP contribution in [0.3, 0.4) is 0 Å². The van der Waals surface area contributed by atoms with Crippen LogP contribution in [-0.4, -0.2) is 9.65 Å². The number of rotatable bonds is 0. The van der Waals surface area contributed by atoms with E-state index < -0.39 is 0 Å². The summed E-state index contributed by atoms with van der Waals surface area (Å²) < 4.78 is 0. The summed E-state index contributed by atoms with van der Waals surface area (Å²) in [5.74, 6) is 0. The van der Waals surface area contributed by atoms with Crippen molar-refractivity contribution in [2.24, 2.45) is 0 Å². The molecule has 0 saturated heterocycles. The highest BCUT2D eigenvalue weighted by Gasteiger charge is 2.06. The van der Waals surface area contributed by atoms with Gasteiger partial charge in [0.05, 0.1) is 0 Å². The Morgan fingerprint density at radius 2 is 1.30 bits per heavy atom. The van der Waals surface area contributed by atoms with Gasteiger partial charge in [0.25, 0.3) is 0 Å². The molecule has 0 aromatic rings. The minimum Gasteiger partial charge on any atom is -0.0845 e. The van der Waals surface area contributed by atoms with E-state index in [0.29, 0.717) is 9.65 Å². The third kappa shape index (κ3) is 3.20. The first-order chi connectivity index (χ1) is 4.79. The normalized spacial score (nSPS) is 38.2. The second-order valence-electron chi connectivity index (χ2n) is 2.70. The van der Waals surface area contributed by atoms with Crippen molar-refractivity contribution in [3.05, 3.63) is 12.2 Å². The number of hydrogen-bond acceptors (Lipinski definition) is 0. The molecule has 0 aromatic carbocycles. The maximum Gasteiger partial charge on any atom is 0.0325 e. The van der Waals surface area contributed by atoms with Gasteiger partial charge in [0.1, 0.15) is 0 Å². The van der Waals surface area contributed by atoms with Crippen LogP contribution in [0.1, 0.15) is 25.7 Å². The van der Waals surface area contributed by atoms with Crippen molar-refractivity contribution < 1.29 is 0 Å². The van der Waals surface area contributed by atoms with Crippen LogP contribution in [0.25, 0.3) is 0 Å². The minimum atomic E-state index is 0.604. The molecule has 0 aromatic heterocycles. The molecule has 2 unspecified atom stereocenters. The zero-order valence-electron chi connectivity index (χ0n) is 5.89. The number of halogens is 2. The monoisotopic (exact) mass is 266 g/mol. The maximum absolute atomic E-state index is 3.59. The zero-order valence-corrected chi connectivity index (χ0v) is 9.07. The molecule has 0 bridgehead atoms. The fourth-order valence-electron chi connectivity index (χ4n) is 1.11. The van der Waals surface area contributed by atoms with Gasteiger partial charge in [-0.1, -0.05) is 56.9 Å². The second-order valence-corrected chi connectivity index (χ2v) is 5.05. The predicted molar refractivity (Wildman–Crippen MR) is 53.0 cm³/mol. The average molecular weight is 268 g/mol. The number of hydrogen-bond donors (Lipinski definition) is 0. The molecule has 1 aliphatic carbocycles. The molecule has 0 nitrogen and oxygen atoms in total. The standard InChI is InChI=1S/C8H12Br2/c9-7-3-1-2-4-8(10)6-5-7/h5-8H,1-4H2/b6-5-. The number of allylic oxidation sites excluding steroid dienone is 2. The summed E-state index contributed by atoms with van der Waals surface area (Å²) in [5.41, 5.74) is 0. The van der Waals surface area contributed by atoms with Gasteiger partial charge in [0.2, 0.25) is 0 Å². The van der Waals surface area contributed by atoms with E-state index in [9.17, 15) is 0 Å². The van der Waals surface area contributed by atoms with Crippen LogP contribution in [0.4, 0.5) is 0 Å². The summed E-state index contributed by atoms with van der Waals surface area (Å²) >= 11 is 7.19. The Hall–Kier alpha value is 0.700. The van der Waals surface area contributed by atoms with Gasteiger partial charge >= 0.3 is 0 Å². The summed E-state index contributed by atoms with van der Waals surface area (Å²) in [6.45, 7) is 0. The minimum absolute atomic E-state index is 0.604. The molecular formula is C8H12Br2. The highest BCUT2D eigenvalue weighted by atomic mass is 79.9. The van der Waals surface area contributed by atoms with Crippen molar-refractivity contribution >= 4 is 31.9 Å². The fourth-order valence-corrected chi connectivity index (χ4v) is 2.11. The third-order valence-corrected chi connectivity index (χ3v) is 3.26. The van der Waals surface area contributed by atoms with Crippen LogP contribution in [0, 0.1) is 0 Å². The van der Waals surface area contributed by atoms with Gasteiger partial charge in [0, 0.05) is 9.65 Å². The van der Waals surface area contributed by atoms with E-state index in [1.54, 1.807) is 0 Å². The first-order valence-electron chi connectivity index (χ1n) is 3.75. The fraction of sp³-hybridized carbons (Fsp3) is 0.750. The summed E-state index contributed by atoms with van der Waals surface area (Å²) in [6.07, 6.45) is 9.77. The highest BCUT2D eigenvalue weighted by Crippen LogP contribution is 2.20. The van der Waals surface area contributed by atoms with Crippen LogP contribution < -0.4 is 0 Å². The molecular weight excluding hydrogens is 256 g/mol. The van der Waals surface area contributed by atoms with Crippen molar-refractivity contribution in [1.29, 1.82) is 0 Å². The molecule has 0 spiro atoms. The highest BCUT2D eigenvalue weighted by molar-refractivity contribution is 9.10. The van der Waals surface area contributed by atoms with E-state index in [-0.39, 0.29) is 0 Å². The zero-order chi connectivity index (χ0) is 7.40. The average Bonchev–Trinajstić information content (AvgIpc) is 1.90. The molecule has 1 aliphatic rings. The van der Waals surface area contributed by atoms with E-state index in [1.165, 1.54) is 25.7 Å². The van der Waals surface area contributed by atoms with E-state index in [1.807, 2.05) is 0 Å². The van der Waals surface area contributed by atoms with Crippen molar-refractivity contribution in [3.63, 3.8) is 0 Å². The number of alkyl halides is 2. The quantitative estimate of drug-likeness (QED) is 0.464. The first kappa shape index (κ1) is 8.79. The molecule has 2 atom stereocenters. The van der Waals surface area contributed by atoms with Gasteiger partial charge in [-0.3, -0.25) is 0 Å². The second kappa shape index (κ2) is 4.55. The predicted octanol–water partition coefficient (Wildman–Crippen LogP) is 3.64. The van der Waals surface area contributed by atoms with Gasteiger partial charge in [-0.05, 0) is 12.8 Å². The first-order valence-corrected chi connectivity index (χ1v) is 5.58. The van der Waals surface area contributed by atoms with Gasteiger partial charge in [-0.15, -0.1) is 0 Å². The summed E-state index contributed by atoms with van der Waals surface area (Å²) in [6, 6.07) is 0. The van der Waals surface area contributed by atoms with Gasteiger partial charge in [0.15, 0.2) is 0 Å².